The fourth-order valence-corrected chi connectivity index (χ4v) is 3.56. The van der Waals surface area contributed by atoms with Crippen LogP contribution in [0.3, 0.4) is 0 Å². The smallest absolute Gasteiger partial charge is 0.308 e. The van der Waals surface area contributed by atoms with Crippen LogP contribution in [0.4, 0.5) is 0 Å². The Morgan fingerprint density at radius 3 is 2.65 bits per heavy atom. The van der Waals surface area contributed by atoms with Gasteiger partial charge < -0.3 is 5.11 Å². The van der Waals surface area contributed by atoms with Crippen molar-refractivity contribution < 1.29 is 9.90 Å². The Bertz CT molecular complexity index is 463. The van der Waals surface area contributed by atoms with Gasteiger partial charge in [-0.15, -0.1) is 0 Å². The summed E-state index contributed by atoms with van der Waals surface area (Å²) in [5, 5.41) is 9.30. The molecule has 4 nitrogen and oxygen atoms in total. The molecule has 2 fully saturated rings. The number of nitrogens with zero attached hydrogens (tertiary/aromatic N) is 2. The van der Waals surface area contributed by atoms with Crippen LogP contribution in [-0.4, -0.2) is 53.1 Å². The van der Waals surface area contributed by atoms with Gasteiger partial charge in [-0.2, -0.15) is 0 Å². The normalized spacial score (nSPS) is 28.0. The zero-order valence-electron chi connectivity index (χ0n) is 11.7. The Morgan fingerprint density at radius 2 is 1.90 bits per heavy atom. The molecular weight excluding hydrogens is 252 g/mol. The van der Waals surface area contributed by atoms with E-state index < -0.39 is 5.97 Å². The molecule has 0 saturated carbocycles. The third-order valence-corrected chi connectivity index (χ3v) is 4.67. The van der Waals surface area contributed by atoms with Crippen molar-refractivity contribution in [3.63, 3.8) is 0 Å². The summed E-state index contributed by atoms with van der Waals surface area (Å²) in [6, 6.07) is 10.8. The summed E-state index contributed by atoms with van der Waals surface area (Å²) in [5.74, 6) is -0.777. The molecule has 0 radical (unpaired) electrons. The van der Waals surface area contributed by atoms with E-state index in [1.807, 2.05) is 6.07 Å². The van der Waals surface area contributed by atoms with Crippen molar-refractivity contribution in [2.75, 3.05) is 26.2 Å². The van der Waals surface area contributed by atoms with Crippen molar-refractivity contribution in [3.05, 3.63) is 35.9 Å². The molecule has 1 N–H and O–H groups in total. The molecule has 0 amide bonds. The summed E-state index contributed by atoms with van der Waals surface area (Å²) < 4.78 is 0. The van der Waals surface area contributed by atoms with Gasteiger partial charge in [-0.3, -0.25) is 14.6 Å². The highest BCUT2D eigenvalue weighted by atomic mass is 16.4. The number of carboxylic acids is 1. The van der Waals surface area contributed by atoms with E-state index in [0.29, 0.717) is 0 Å². The topological polar surface area (TPSA) is 43.8 Å². The second-order valence-electron chi connectivity index (χ2n) is 5.89. The van der Waals surface area contributed by atoms with Crippen molar-refractivity contribution in [2.24, 2.45) is 5.92 Å². The molecule has 3 rings (SSSR count). The molecule has 2 unspecified atom stereocenters. The molecule has 4 heteroatoms. The summed E-state index contributed by atoms with van der Waals surface area (Å²) in [6.45, 7) is 4.96. The lowest BCUT2D eigenvalue weighted by Gasteiger charge is -2.22. The van der Waals surface area contributed by atoms with Gasteiger partial charge in [0.05, 0.1) is 5.92 Å². The standard InChI is InChI=1S/C16H22N2O2/c19-16(20)14-6-9-18-11-10-17(8-7-15(14)18)12-13-4-2-1-3-5-13/h1-5,14-15H,6-12H2,(H,19,20). The highest BCUT2D eigenvalue weighted by molar-refractivity contribution is 5.71. The van der Waals surface area contributed by atoms with E-state index in [1.54, 1.807) is 0 Å². The first kappa shape index (κ1) is 13.6. The van der Waals surface area contributed by atoms with Crippen LogP contribution in [0.5, 0.6) is 0 Å². The maximum atomic E-state index is 11.3. The summed E-state index contributed by atoms with van der Waals surface area (Å²) in [4.78, 5) is 16.1. The lowest BCUT2D eigenvalue weighted by molar-refractivity contribution is -0.142. The Labute approximate surface area is 120 Å². The van der Waals surface area contributed by atoms with Gasteiger partial charge >= 0.3 is 5.97 Å². The van der Waals surface area contributed by atoms with Gasteiger partial charge in [-0.25, -0.2) is 0 Å². The van der Waals surface area contributed by atoms with E-state index >= 15 is 0 Å². The molecule has 0 aromatic heterocycles. The molecule has 1 aromatic carbocycles. The Kier molecular flexibility index (Phi) is 4.03. The molecule has 2 aliphatic rings. The van der Waals surface area contributed by atoms with Crippen LogP contribution >= 0.6 is 0 Å². The highest BCUT2D eigenvalue weighted by Gasteiger charge is 2.39. The van der Waals surface area contributed by atoms with Gasteiger partial charge in [-0.05, 0) is 24.9 Å². The van der Waals surface area contributed by atoms with E-state index in [9.17, 15) is 9.90 Å². The summed E-state index contributed by atoms with van der Waals surface area (Å²) in [5.41, 5.74) is 1.34. The quantitative estimate of drug-likeness (QED) is 0.910. The summed E-state index contributed by atoms with van der Waals surface area (Å²) in [7, 11) is 0. The van der Waals surface area contributed by atoms with Crippen LogP contribution in [-0.2, 0) is 11.3 Å². The molecular formula is C16H22N2O2. The number of aliphatic carboxylic acids is 1. The van der Waals surface area contributed by atoms with Crippen molar-refractivity contribution in [1.82, 2.24) is 9.80 Å². The van der Waals surface area contributed by atoms with E-state index in [1.165, 1.54) is 5.56 Å². The van der Waals surface area contributed by atoms with E-state index in [2.05, 4.69) is 34.1 Å². The Morgan fingerprint density at radius 1 is 1.10 bits per heavy atom. The van der Waals surface area contributed by atoms with Gasteiger partial charge in [0.2, 0.25) is 0 Å². The number of carbonyl (C=O) groups is 1. The predicted octanol–water partition coefficient (Wildman–Crippen LogP) is 1.67. The first-order valence-electron chi connectivity index (χ1n) is 7.47. The highest BCUT2D eigenvalue weighted by Crippen LogP contribution is 2.29. The molecule has 20 heavy (non-hydrogen) atoms. The maximum Gasteiger partial charge on any atom is 0.308 e. The van der Waals surface area contributed by atoms with Crippen LogP contribution in [0.25, 0.3) is 0 Å². The molecule has 108 valence electrons. The molecule has 0 spiro atoms. The number of hydrogen-bond acceptors (Lipinski definition) is 3. The molecule has 2 heterocycles. The average molecular weight is 274 g/mol. The summed E-state index contributed by atoms with van der Waals surface area (Å²) >= 11 is 0. The third kappa shape index (κ3) is 2.86. The lowest BCUT2D eigenvalue weighted by atomic mass is 9.98. The zero-order valence-corrected chi connectivity index (χ0v) is 11.7. The number of rotatable bonds is 3. The van der Waals surface area contributed by atoms with Crippen molar-refractivity contribution in [1.29, 1.82) is 0 Å². The number of benzene rings is 1. The van der Waals surface area contributed by atoms with Gasteiger partial charge in [0.25, 0.3) is 0 Å². The third-order valence-electron chi connectivity index (χ3n) is 4.67. The SMILES string of the molecule is O=C(O)C1CCN2CCN(Cc3ccccc3)CCC12. The van der Waals surface area contributed by atoms with Crippen molar-refractivity contribution in [3.8, 4) is 0 Å². The van der Waals surface area contributed by atoms with Crippen molar-refractivity contribution in [2.45, 2.75) is 25.4 Å². The monoisotopic (exact) mass is 274 g/mol. The Balaban J connectivity index is 1.62. The maximum absolute atomic E-state index is 11.3. The second-order valence-corrected chi connectivity index (χ2v) is 5.89. The largest absolute Gasteiger partial charge is 0.481 e. The van der Waals surface area contributed by atoms with Crippen LogP contribution in [0.1, 0.15) is 18.4 Å². The van der Waals surface area contributed by atoms with Gasteiger partial charge in [-0.1, -0.05) is 30.3 Å². The Hall–Kier alpha value is -1.39. The fraction of sp³-hybridized carbons (Fsp3) is 0.562. The molecule has 2 saturated heterocycles. The van der Waals surface area contributed by atoms with Gasteiger partial charge in [0.1, 0.15) is 0 Å². The van der Waals surface area contributed by atoms with Crippen LogP contribution < -0.4 is 0 Å². The fourth-order valence-electron chi connectivity index (χ4n) is 3.56. The van der Waals surface area contributed by atoms with Crippen LogP contribution in [0.15, 0.2) is 30.3 Å². The molecule has 2 aliphatic heterocycles. The minimum Gasteiger partial charge on any atom is -0.481 e. The zero-order chi connectivity index (χ0) is 13.9. The predicted molar refractivity (Wildman–Crippen MR) is 77.4 cm³/mol. The average Bonchev–Trinajstić information content (AvgIpc) is 2.77. The first-order valence-corrected chi connectivity index (χ1v) is 7.47. The second kappa shape index (κ2) is 5.94. The number of fused-ring (bicyclic) bond motifs is 1. The number of hydrogen-bond donors (Lipinski definition) is 1. The summed E-state index contributed by atoms with van der Waals surface area (Å²) in [6.07, 6.45) is 1.79. The van der Waals surface area contributed by atoms with Gasteiger partial charge in [0, 0.05) is 32.2 Å². The molecule has 2 atom stereocenters. The minimum absolute atomic E-state index is 0.160. The van der Waals surface area contributed by atoms with Crippen LogP contribution in [0, 0.1) is 5.92 Å². The van der Waals surface area contributed by atoms with E-state index in [-0.39, 0.29) is 12.0 Å². The molecule has 0 aliphatic carbocycles. The lowest BCUT2D eigenvalue weighted by Crippen LogP contribution is -2.35. The first-order chi connectivity index (χ1) is 9.74. The molecule has 1 aromatic rings. The number of carboxylic acid groups (broad SMARTS) is 1. The van der Waals surface area contributed by atoms with Crippen LogP contribution in [0.2, 0.25) is 0 Å². The van der Waals surface area contributed by atoms with E-state index in [0.717, 1.165) is 45.6 Å². The molecule has 0 bridgehead atoms. The minimum atomic E-state index is -0.617. The van der Waals surface area contributed by atoms with Gasteiger partial charge in [0.15, 0.2) is 0 Å². The van der Waals surface area contributed by atoms with E-state index in [4.69, 9.17) is 0 Å². The van der Waals surface area contributed by atoms with Crippen molar-refractivity contribution >= 4 is 5.97 Å².